The van der Waals surface area contributed by atoms with Crippen LogP contribution in [0.1, 0.15) is 49.4 Å². The topological polar surface area (TPSA) is 72.0 Å². The van der Waals surface area contributed by atoms with Crippen LogP contribution in [0.3, 0.4) is 0 Å². The van der Waals surface area contributed by atoms with Gasteiger partial charge in [-0.15, -0.1) is 0 Å². The highest BCUT2D eigenvalue weighted by Crippen LogP contribution is 2.39. The Hall–Kier alpha value is -2.15. The van der Waals surface area contributed by atoms with Gasteiger partial charge in [-0.2, -0.15) is 0 Å². The Balaban J connectivity index is 1.71. The zero-order valence-corrected chi connectivity index (χ0v) is 17.0. The molecule has 0 unspecified atom stereocenters. The van der Waals surface area contributed by atoms with E-state index in [4.69, 9.17) is 9.47 Å². The zero-order valence-electron chi connectivity index (χ0n) is 17.0. The molecule has 0 aromatic carbocycles. The van der Waals surface area contributed by atoms with E-state index in [0.29, 0.717) is 37.6 Å². The number of pyridine rings is 1. The summed E-state index contributed by atoms with van der Waals surface area (Å²) in [5.41, 5.74) is 0.508. The van der Waals surface area contributed by atoms with Gasteiger partial charge < -0.3 is 19.3 Å². The molecule has 3 heterocycles. The van der Waals surface area contributed by atoms with Gasteiger partial charge >= 0.3 is 0 Å². The molecule has 2 amide bonds. The van der Waals surface area contributed by atoms with Crippen LogP contribution < -0.4 is 4.74 Å². The molecule has 1 aromatic rings. The predicted octanol–water partition coefficient (Wildman–Crippen LogP) is 2.36. The third kappa shape index (κ3) is 4.63. The highest BCUT2D eigenvalue weighted by Gasteiger charge is 2.43. The fraction of sp³-hybridized carbons (Fsp3) is 0.667. The van der Waals surface area contributed by atoms with E-state index >= 15 is 0 Å². The smallest absolute Gasteiger partial charge is 0.259 e. The summed E-state index contributed by atoms with van der Waals surface area (Å²) in [4.78, 5) is 33.6. The van der Waals surface area contributed by atoms with E-state index in [2.05, 4.69) is 4.98 Å². The first kappa shape index (κ1) is 20.6. The average Bonchev–Trinajstić information content (AvgIpc) is 2.71. The Bertz CT molecular complexity index is 696. The minimum atomic E-state index is -0.0292. The van der Waals surface area contributed by atoms with Crippen LogP contribution >= 0.6 is 0 Å². The molecule has 1 atom stereocenters. The largest absolute Gasteiger partial charge is 0.477 e. The number of hydrogen-bond acceptors (Lipinski definition) is 5. The van der Waals surface area contributed by atoms with Crippen LogP contribution in [0.2, 0.25) is 0 Å². The van der Waals surface area contributed by atoms with Crippen LogP contribution in [-0.2, 0) is 9.53 Å². The van der Waals surface area contributed by atoms with Gasteiger partial charge in [0, 0.05) is 57.9 Å². The lowest BCUT2D eigenvalue weighted by atomic mass is 9.73. The van der Waals surface area contributed by atoms with Crippen molar-refractivity contribution < 1.29 is 19.1 Å². The normalized spacial score (nSPS) is 22.6. The number of hydrogen-bond donors (Lipinski definition) is 0. The Kier molecular flexibility index (Phi) is 6.88. The summed E-state index contributed by atoms with van der Waals surface area (Å²) in [5, 5.41) is 0. The molecule has 0 N–H and O–H groups in total. The fourth-order valence-electron chi connectivity index (χ4n) is 4.40. The summed E-state index contributed by atoms with van der Waals surface area (Å²) < 4.78 is 10.7. The number of likely N-dealkylation sites (tertiary alicyclic amines) is 2. The Labute approximate surface area is 167 Å². The summed E-state index contributed by atoms with van der Waals surface area (Å²) in [7, 11) is 1.68. The summed E-state index contributed by atoms with van der Waals surface area (Å²) in [6.45, 7) is 5.88. The van der Waals surface area contributed by atoms with Gasteiger partial charge in [-0.05, 0) is 44.7 Å². The van der Waals surface area contributed by atoms with Crippen LogP contribution in [-0.4, -0.2) is 73.1 Å². The lowest BCUT2D eigenvalue weighted by molar-refractivity contribution is -0.139. The molecule has 0 aliphatic carbocycles. The van der Waals surface area contributed by atoms with Crippen LogP contribution in [0.4, 0.5) is 0 Å². The van der Waals surface area contributed by atoms with Gasteiger partial charge in [-0.25, -0.2) is 4.98 Å². The van der Waals surface area contributed by atoms with Crippen molar-refractivity contribution in [2.45, 2.75) is 39.0 Å². The molecule has 2 aliphatic rings. The van der Waals surface area contributed by atoms with Gasteiger partial charge in [0.2, 0.25) is 11.8 Å². The SMILES string of the molecule is CCOc1ncccc1C(=O)N1CCC[C@@]2(CCC(=O)N(CCCOC)C2)C1. The fourth-order valence-corrected chi connectivity index (χ4v) is 4.40. The molecule has 0 bridgehead atoms. The molecular weight excluding hydrogens is 358 g/mol. The first-order valence-corrected chi connectivity index (χ1v) is 10.2. The van der Waals surface area contributed by atoms with Crippen LogP contribution in [0.15, 0.2) is 18.3 Å². The number of aromatic nitrogens is 1. The lowest BCUT2D eigenvalue weighted by Gasteiger charge is -2.48. The molecular formula is C21H31N3O4. The number of carbonyl (C=O) groups is 2. The zero-order chi connectivity index (χ0) is 20.0. The molecule has 2 saturated heterocycles. The Morgan fingerprint density at radius 3 is 2.96 bits per heavy atom. The number of nitrogens with zero attached hydrogens (tertiary/aromatic N) is 3. The second kappa shape index (κ2) is 9.37. The first-order chi connectivity index (χ1) is 13.6. The third-order valence-corrected chi connectivity index (χ3v) is 5.76. The minimum absolute atomic E-state index is 0.0110. The lowest BCUT2D eigenvalue weighted by Crippen LogP contribution is -2.55. The van der Waals surface area contributed by atoms with Gasteiger partial charge in [-0.1, -0.05) is 0 Å². The van der Waals surface area contributed by atoms with Crippen molar-refractivity contribution in [3.63, 3.8) is 0 Å². The second-order valence-electron chi connectivity index (χ2n) is 7.78. The van der Waals surface area contributed by atoms with E-state index in [0.717, 1.165) is 45.3 Å². The maximum absolute atomic E-state index is 13.2. The molecule has 1 spiro atoms. The maximum atomic E-state index is 13.2. The number of ether oxygens (including phenoxy) is 2. The summed E-state index contributed by atoms with van der Waals surface area (Å²) >= 11 is 0. The van der Waals surface area contributed by atoms with Gasteiger partial charge in [-0.3, -0.25) is 9.59 Å². The number of piperidine rings is 2. The van der Waals surface area contributed by atoms with Crippen molar-refractivity contribution in [2.24, 2.45) is 5.41 Å². The van der Waals surface area contributed by atoms with E-state index in [1.807, 2.05) is 16.7 Å². The molecule has 7 heteroatoms. The Morgan fingerprint density at radius 2 is 2.18 bits per heavy atom. The minimum Gasteiger partial charge on any atom is -0.477 e. The number of rotatable bonds is 7. The van der Waals surface area contributed by atoms with Crippen LogP contribution in [0, 0.1) is 5.41 Å². The molecule has 0 saturated carbocycles. The van der Waals surface area contributed by atoms with Crippen LogP contribution in [0.25, 0.3) is 0 Å². The van der Waals surface area contributed by atoms with E-state index in [1.54, 1.807) is 25.4 Å². The van der Waals surface area contributed by atoms with E-state index in [-0.39, 0.29) is 17.2 Å². The molecule has 2 aliphatic heterocycles. The van der Waals surface area contributed by atoms with E-state index in [9.17, 15) is 9.59 Å². The van der Waals surface area contributed by atoms with Crippen molar-refractivity contribution in [2.75, 3.05) is 46.5 Å². The monoisotopic (exact) mass is 389 g/mol. The molecule has 2 fully saturated rings. The van der Waals surface area contributed by atoms with Crippen molar-refractivity contribution in [3.8, 4) is 5.88 Å². The van der Waals surface area contributed by atoms with Crippen molar-refractivity contribution in [1.82, 2.24) is 14.8 Å². The van der Waals surface area contributed by atoms with E-state index < -0.39 is 0 Å². The maximum Gasteiger partial charge on any atom is 0.259 e. The summed E-state index contributed by atoms with van der Waals surface area (Å²) in [5.74, 6) is 0.587. The second-order valence-corrected chi connectivity index (χ2v) is 7.78. The van der Waals surface area contributed by atoms with Gasteiger partial charge in [0.1, 0.15) is 5.56 Å². The predicted molar refractivity (Wildman–Crippen MR) is 105 cm³/mol. The van der Waals surface area contributed by atoms with E-state index in [1.165, 1.54) is 0 Å². The van der Waals surface area contributed by atoms with Crippen LogP contribution in [0.5, 0.6) is 5.88 Å². The standard InChI is InChI=1S/C21H31N3O4/c1-3-28-19-17(7-4-11-22-19)20(26)24-12-5-9-21(16-24)10-8-18(25)23(15-21)13-6-14-27-2/h4,7,11H,3,5-6,8-10,12-16H2,1-2H3/t21-/m0/s1. The van der Waals surface area contributed by atoms with Crippen molar-refractivity contribution in [1.29, 1.82) is 0 Å². The average molecular weight is 389 g/mol. The molecule has 1 aromatic heterocycles. The summed E-state index contributed by atoms with van der Waals surface area (Å²) in [6, 6.07) is 3.55. The van der Waals surface area contributed by atoms with Crippen molar-refractivity contribution in [3.05, 3.63) is 23.9 Å². The van der Waals surface area contributed by atoms with Gasteiger partial charge in [0.25, 0.3) is 5.91 Å². The van der Waals surface area contributed by atoms with Gasteiger partial charge in [0.05, 0.1) is 6.61 Å². The highest BCUT2D eigenvalue weighted by molar-refractivity contribution is 5.96. The highest BCUT2D eigenvalue weighted by atomic mass is 16.5. The quantitative estimate of drug-likeness (QED) is 0.670. The number of methoxy groups -OCH3 is 1. The molecule has 3 rings (SSSR count). The van der Waals surface area contributed by atoms with Gasteiger partial charge in [0.15, 0.2) is 0 Å². The number of amides is 2. The summed E-state index contributed by atoms with van der Waals surface area (Å²) in [6.07, 6.45) is 5.90. The number of carbonyl (C=O) groups excluding carboxylic acids is 2. The molecule has 28 heavy (non-hydrogen) atoms. The first-order valence-electron chi connectivity index (χ1n) is 10.2. The Morgan fingerprint density at radius 1 is 1.32 bits per heavy atom. The third-order valence-electron chi connectivity index (χ3n) is 5.76. The molecule has 7 nitrogen and oxygen atoms in total. The van der Waals surface area contributed by atoms with Crippen molar-refractivity contribution >= 4 is 11.8 Å². The molecule has 0 radical (unpaired) electrons. The molecule has 154 valence electrons.